The zero-order valence-corrected chi connectivity index (χ0v) is 8.65. The van der Waals surface area contributed by atoms with Gasteiger partial charge in [-0.05, 0) is 38.0 Å². The molecule has 0 aliphatic heterocycles. The number of halogens is 1. The molecule has 0 saturated heterocycles. The van der Waals surface area contributed by atoms with Crippen molar-refractivity contribution in [1.29, 1.82) is 0 Å². The summed E-state index contributed by atoms with van der Waals surface area (Å²) in [5.41, 5.74) is 0. The highest BCUT2D eigenvalue weighted by molar-refractivity contribution is 6.20. The van der Waals surface area contributed by atoms with Gasteiger partial charge in [0.25, 0.3) is 0 Å². The Bertz CT molecular complexity index is 112. The van der Waals surface area contributed by atoms with E-state index in [0.717, 1.165) is 38.4 Å². The Hall–Kier alpha value is 0.250. The molecule has 1 atom stereocenters. The highest BCUT2D eigenvalue weighted by atomic mass is 35.5. The standard InChI is InChI=1S/C10H19ClO/c1-2-7-12-8-3-4-10(11)9-5-6-9/h9-10H,2-8H2,1H3. The van der Waals surface area contributed by atoms with Crippen LogP contribution in [0.4, 0.5) is 0 Å². The van der Waals surface area contributed by atoms with E-state index in [-0.39, 0.29) is 0 Å². The topological polar surface area (TPSA) is 9.23 Å². The lowest BCUT2D eigenvalue weighted by Gasteiger charge is -2.07. The maximum Gasteiger partial charge on any atom is 0.0466 e. The lowest BCUT2D eigenvalue weighted by atomic mass is 10.2. The van der Waals surface area contributed by atoms with Crippen molar-refractivity contribution in [3.05, 3.63) is 0 Å². The second-order valence-electron chi connectivity index (χ2n) is 3.61. The van der Waals surface area contributed by atoms with Gasteiger partial charge in [-0.15, -0.1) is 11.6 Å². The molecular formula is C10H19ClO. The van der Waals surface area contributed by atoms with Crippen molar-refractivity contribution in [2.24, 2.45) is 5.92 Å². The van der Waals surface area contributed by atoms with E-state index in [9.17, 15) is 0 Å². The molecule has 0 amide bonds. The van der Waals surface area contributed by atoms with Crippen LogP contribution in [0.2, 0.25) is 0 Å². The number of alkyl halides is 1. The van der Waals surface area contributed by atoms with E-state index < -0.39 is 0 Å². The van der Waals surface area contributed by atoms with Crippen LogP contribution in [0.5, 0.6) is 0 Å². The normalized spacial score (nSPS) is 19.5. The van der Waals surface area contributed by atoms with Crippen molar-refractivity contribution in [3.63, 3.8) is 0 Å². The van der Waals surface area contributed by atoms with Crippen LogP contribution in [0.15, 0.2) is 0 Å². The van der Waals surface area contributed by atoms with Crippen LogP contribution in [-0.2, 0) is 4.74 Å². The van der Waals surface area contributed by atoms with Gasteiger partial charge in [0, 0.05) is 18.6 Å². The highest BCUT2D eigenvalue weighted by Crippen LogP contribution is 2.37. The first-order chi connectivity index (χ1) is 5.84. The predicted octanol–water partition coefficient (Wildman–Crippen LogP) is 3.21. The third kappa shape index (κ3) is 4.32. The van der Waals surface area contributed by atoms with Crippen LogP contribution < -0.4 is 0 Å². The molecule has 0 spiro atoms. The molecule has 0 radical (unpaired) electrons. The van der Waals surface area contributed by atoms with Gasteiger partial charge in [-0.1, -0.05) is 6.92 Å². The smallest absolute Gasteiger partial charge is 0.0466 e. The summed E-state index contributed by atoms with van der Waals surface area (Å²) in [7, 11) is 0. The summed E-state index contributed by atoms with van der Waals surface area (Å²) in [4.78, 5) is 0. The van der Waals surface area contributed by atoms with Gasteiger partial charge in [0.15, 0.2) is 0 Å². The van der Waals surface area contributed by atoms with Crippen molar-refractivity contribution in [2.75, 3.05) is 13.2 Å². The van der Waals surface area contributed by atoms with Crippen molar-refractivity contribution < 1.29 is 4.74 Å². The van der Waals surface area contributed by atoms with Gasteiger partial charge in [-0.3, -0.25) is 0 Å². The number of ether oxygens (including phenoxy) is 1. The molecule has 1 fully saturated rings. The van der Waals surface area contributed by atoms with E-state index in [0.29, 0.717) is 5.38 Å². The summed E-state index contributed by atoms with van der Waals surface area (Å²) in [5, 5.41) is 0.426. The van der Waals surface area contributed by atoms with E-state index in [1.54, 1.807) is 0 Å². The van der Waals surface area contributed by atoms with E-state index in [1.807, 2.05) is 0 Å². The Morgan fingerprint density at radius 2 is 2.17 bits per heavy atom. The van der Waals surface area contributed by atoms with Crippen molar-refractivity contribution in [3.8, 4) is 0 Å². The summed E-state index contributed by atoms with van der Waals surface area (Å²) in [6.45, 7) is 3.93. The fraction of sp³-hybridized carbons (Fsp3) is 1.00. The zero-order chi connectivity index (χ0) is 8.81. The zero-order valence-electron chi connectivity index (χ0n) is 7.89. The first-order valence-corrected chi connectivity index (χ1v) is 5.50. The number of hydrogen-bond acceptors (Lipinski definition) is 1. The molecular weight excluding hydrogens is 172 g/mol. The summed E-state index contributed by atoms with van der Waals surface area (Å²) in [6, 6.07) is 0. The SMILES string of the molecule is CCCOCCCC(Cl)C1CC1. The monoisotopic (exact) mass is 190 g/mol. The summed E-state index contributed by atoms with van der Waals surface area (Å²) < 4.78 is 5.37. The minimum atomic E-state index is 0.426. The second-order valence-corrected chi connectivity index (χ2v) is 4.17. The molecule has 72 valence electrons. The van der Waals surface area contributed by atoms with Crippen molar-refractivity contribution >= 4 is 11.6 Å². The predicted molar refractivity (Wildman–Crippen MR) is 52.7 cm³/mol. The maximum atomic E-state index is 6.14. The molecule has 0 bridgehead atoms. The molecule has 0 heterocycles. The molecule has 0 aromatic rings. The summed E-state index contributed by atoms with van der Waals surface area (Å²) in [5.74, 6) is 0.831. The quantitative estimate of drug-likeness (QED) is 0.443. The Balaban J connectivity index is 1.81. The summed E-state index contributed by atoms with van der Waals surface area (Å²) in [6.07, 6.45) is 6.08. The Morgan fingerprint density at radius 1 is 1.42 bits per heavy atom. The second kappa shape index (κ2) is 5.82. The number of rotatable bonds is 7. The molecule has 1 aliphatic rings. The maximum absolute atomic E-state index is 6.14. The van der Waals surface area contributed by atoms with E-state index in [1.165, 1.54) is 12.8 Å². The molecule has 12 heavy (non-hydrogen) atoms. The summed E-state index contributed by atoms with van der Waals surface area (Å²) >= 11 is 6.14. The lowest BCUT2D eigenvalue weighted by molar-refractivity contribution is 0.130. The van der Waals surface area contributed by atoms with Crippen molar-refractivity contribution in [1.82, 2.24) is 0 Å². The number of hydrogen-bond donors (Lipinski definition) is 0. The molecule has 1 unspecified atom stereocenters. The minimum Gasteiger partial charge on any atom is -0.381 e. The van der Waals surface area contributed by atoms with Crippen molar-refractivity contribution in [2.45, 2.75) is 44.4 Å². The lowest BCUT2D eigenvalue weighted by Crippen LogP contribution is -2.04. The third-order valence-electron chi connectivity index (χ3n) is 2.25. The van der Waals surface area contributed by atoms with Gasteiger partial charge in [0.2, 0.25) is 0 Å². The molecule has 0 aromatic carbocycles. The van der Waals surface area contributed by atoms with Gasteiger partial charge in [0.1, 0.15) is 0 Å². The van der Waals surface area contributed by atoms with Crippen LogP contribution >= 0.6 is 11.6 Å². The molecule has 0 N–H and O–H groups in total. The minimum absolute atomic E-state index is 0.426. The van der Waals surface area contributed by atoms with Gasteiger partial charge >= 0.3 is 0 Å². The fourth-order valence-corrected chi connectivity index (χ4v) is 1.73. The molecule has 2 heteroatoms. The van der Waals surface area contributed by atoms with Crippen LogP contribution in [0.25, 0.3) is 0 Å². The first kappa shape index (κ1) is 10.3. The Kier molecular flexibility index (Phi) is 5.01. The van der Waals surface area contributed by atoms with Crippen LogP contribution in [0, 0.1) is 5.92 Å². The van der Waals surface area contributed by atoms with Crippen LogP contribution in [-0.4, -0.2) is 18.6 Å². The van der Waals surface area contributed by atoms with E-state index in [4.69, 9.17) is 16.3 Å². The molecule has 1 saturated carbocycles. The third-order valence-corrected chi connectivity index (χ3v) is 2.83. The van der Waals surface area contributed by atoms with Gasteiger partial charge in [-0.2, -0.15) is 0 Å². The van der Waals surface area contributed by atoms with Crippen LogP contribution in [0.3, 0.4) is 0 Å². The van der Waals surface area contributed by atoms with Gasteiger partial charge in [0.05, 0.1) is 0 Å². The average Bonchev–Trinajstić information content (AvgIpc) is 2.86. The van der Waals surface area contributed by atoms with E-state index >= 15 is 0 Å². The first-order valence-electron chi connectivity index (χ1n) is 5.06. The molecule has 1 aliphatic carbocycles. The molecule has 1 rings (SSSR count). The Labute approximate surface area is 80.4 Å². The van der Waals surface area contributed by atoms with Crippen LogP contribution in [0.1, 0.15) is 39.0 Å². The molecule has 1 nitrogen and oxygen atoms in total. The largest absolute Gasteiger partial charge is 0.381 e. The Morgan fingerprint density at radius 3 is 2.75 bits per heavy atom. The fourth-order valence-electron chi connectivity index (χ4n) is 1.32. The average molecular weight is 191 g/mol. The molecule has 0 aromatic heterocycles. The van der Waals surface area contributed by atoms with Gasteiger partial charge < -0.3 is 4.74 Å². The highest BCUT2D eigenvalue weighted by Gasteiger charge is 2.28. The van der Waals surface area contributed by atoms with Gasteiger partial charge in [-0.25, -0.2) is 0 Å². The van der Waals surface area contributed by atoms with E-state index in [2.05, 4.69) is 6.92 Å².